The summed E-state index contributed by atoms with van der Waals surface area (Å²) in [6.07, 6.45) is 1.91. The summed E-state index contributed by atoms with van der Waals surface area (Å²) in [5.41, 5.74) is 1.24. The third-order valence-electron chi connectivity index (χ3n) is 4.09. The van der Waals surface area contributed by atoms with E-state index >= 15 is 0 Å². The van der Waals surface area contributed by atoms with Gasteiger partial charge in [-0.15, -0.1) is 11.3 Å². The first-order valence-corrected chi connectivity index (χ1v) is 8.60. The van der Waals surface area contributed by atoms with Gasteiger partial charge in [-0.2, -0.15) is 0 Å². The quantitative estimate of drug-likeness (QED) is 0.861. The Hall–Kier alpha value is -1.43. The van der Waals surface area contributed by atoms with Crippen molar-refractivity contribution >= 4 is 27.3 Å². The highest BCUT2D eigenvalue weighted by Gasteiger charge is 2.20. The zero-order chi connectivity index (χ0) is 15.4. The lowest BCUT2D eigenvalue weighted by molar-refractivity contribution is -0.138. The largest absolute Gasteiger partial charge is 0.393 e. The van der Waals surface area contributed by atoms with Gasteiger partial charge in [0.15, 0.2) is 0 Å². The summed E-state index contributed by atoms with van der Waals surface area (Å²) in [5, 5.41) is 12.8. The lowest BCUT2D eigenvalue weighted by atomic mass is 10.1. The number of likely N-dealkylation sites (tertiary alicyclic amines) is 1. The van der Waals surface area contributed by atoms with Gasteiger partial charge in [-0.1, -0.05) is 12.1 Å². The van der Waals surface area contributed by atoms with Crippen LogP contribution in [0.15, 0.2) is 29.6 Å². The predicted octanol–water partition coefficient (Wildman–Crippen LogP) is 2.44. The minimum atomic E-state index is -0.253. The van der Waals surface area contributed by atoms with Crippen LogP contribution < -0.4 is 0 Å². The zero-order valence-electron chi connectivity index (χ0n) is 12.5. The molecule has 5 heteroatoms. The van der Waals surface area contributed by atoms with E-state index in [9.17, 15) is 9.90 Å². The molecule has 0 bridgehead atoms. The van der Waals surface area contributed by atoms with Gasteiger partial charge in [0.05, 0.1) is 12.7 Å². The van der Waals surface area contributed by atoms with Gasteiger partial charge < -0.3 is 14.7 Å². The first kappa shape index (κ1) is 15.5. The third kappa shape index (κ3) is 3.85. The molecule has 1 aromatic carbocycles. The molecule has 4 nitrogen and oxygen atoms in total. The average Bonchev–Trinajstić information content (AvgIpc) is 2.99. The van der Waals surface area contributed by atoms with Crippen molar-refractivity contribution in [2.24, 2.45) is 0 Å². The maximum absolute atomic E-state index is 12.0. The summed E-state index contributed by atoms with van der Waals surface area (Å²) in [5.74, 6) is 0.0280. The number of aliphatic hydroxyl groups is 1. The Balaban J connectivity index is 1.40. The number of ether oxygens (including phenoxy) is 1. The van der Waals surface area contributed by atoms with E-state index in [0.717, 1.165) is 6.42 Å². The second-order valence-corrected chi connectivity index (χ2v) is 6.66. The summed E-state index contributed by atoms with van der Waals surface area (Å²) < 4.78 is 6.82. The molecular weight excluding hydrogens is 298 g/mol. The van der Waals surface area contributed by atoms with Crippen LogP contribution in [0, 0.1) is 0 Å². The molecule has 0 aliphatic carbocycles. The van der Waals surface area contributed by atoms with Crippen LogP contribution in [-0.4, -0.2) is 48.3 Å². The van der Waals surface area contributed by atoms with Crippen LogP contribution in [-0.2, 0) is 16.0 Å². The fourth-order valence-electron chi connectivity index (χ4n) is 2.73. The number of benzene rings is 1. The number of amides is 1. The van der Waals surface area contributed by atoms with Gasteiger partial charge >= 0.3 is 0 Å². The first-order valence-electron chi connectivity index (χ1n) is 7.72. The van der Waals surface area contributed by atoms with Gasteiger partial charge in [0, 0.05) is 17.8 Å². The SMILES string of the molecule is O=C(COCCc1ccc2sccc2c1)N1CCC(O)CC1. The van der Waals surface area contributed by atoms with Gasteiger partial charge in [-0.05, 0) is 47.7 Å². The van der Waals surface area contributed by atoms with Crippen molar-refractivity contribution in [1.82, 2.24) is 4.90 Å². The summed E-state index contributed by atoms with van der Waals surface area (Å²) in [4.78, 5) is 13.8. The second-order valence-electron chi connectivity index (χ2n) is 5.71. The maximum atomic E-state index is 12.0. The molecule has 0 unspecified atom stereocenters. The molecule has 118 valence electrons. The van der Waals surface area contributed by atoms with Crippen molar-refractivity contribution in [1.29, 1.82) is 0 Å². The van der Waals surface area contributed by atoms with Crippen LogP contribution in [0.1, 0.15) is 18.4 Å². The summed E-state index contributed by atoms with van der Waals surface area (Å²) in [7, 11) is 0. The van der Waals surface area contributed by atoms with E-state index < -0.39 is 0 Å². The van der Waals surface area contributed by atoms with Gasteiger partial charge in [0.25, 0.3) is 0 Å². The fraction of sp³-hybridized carbons (Fsp3) is 0.471. The monoisotopic (exact) mass is 319 g/mol. The van der Waals surface area contributed by atoms with E-state index in [1.54, 1.807) is 16.2 Å². The Morgan fingerprint density at radius 1 is 1.32 bits per heavy atom. The number of rotatable bonds is 5. The van der Waals surface area contributed by atoms with Gasteiger partial charge in [-0.25, -0.2) is 0 Å². The van der Waals surface area contributed by atoms with Crippen LogP contribution >= 0.6 is 11.3 Å². The van der Waals surface area contributed by atoms with Crippen LogP contribution in [0.4, 0.5) is 0 Å². The number of fused-ring (bicyclic) bond motifs is 1. The Kier molecular flexibility index (Phi) is 5.08. The topological polar surface area (TPSA) is 49.8 Å². The predicted molar refractivity (Wildman–Crippen MR) is 88.2 cm³/mol. The average molecular weight is 319 g/mol. The molecule has 0 radical (unpaired) electrons. The number of piperidine rings is 1. The van der Waals surface area contributed by atoms with Crippen LogP contribution in [0.3, 0.4) is 0 Å². The molecule has 2 heterocycles. The maximum Gasteiger partial charge on any atom is 0.248 e. The smallest absolute Gasteiger partial charge is 0.248 e. The van der Waals surface area contributed by atoms with E-state index in [1.165, 1.54) is 15.6 Å². The summed E-state index contributed by atoms with van der Waals surface area (Å²) in [6.45, 7) is 1.96. The van der Waals surface area contributed by atoms with E-state index in [-0.39, 0.29) is 18.6 Å². The number of hydrogen-bond donors (Lipinski definition) is 1. The van der Waals surface area contributed by atoms with Crippen molar-refractivity contribution in [2.75, 3.05) is 26.3 Å². The van der Waals surface area contributed by atoms with Crippen molar-refractivity contribution < 1.29 is 14.6 Å². The molecule has 3 rings (SSSR count). The second kappa shape index (κ2) is 7.22. The fourth-order valence-corrected chi connectivity index (χ4v) is 3.50. The number of carbonyl (C=O) groups is 1. The Morgan fingerprint density at radius 3 is 2.95 bits per heavy atom. The molecule has 1 N–H and O–H groups in total. The molecule has 1 aliphatic rings. The van der Waals surface area contributed by atoms with Crippen LogP contribution in [0.5, 0.6) is 0 Å². The van der Waals surface area contributed by atoms with E-state index in [0.29, 0.717) is 32.5 Å². The van der Waals surface area contributed by atoms with Crippen molar-refractivity contribution in [3.63, 3.8) is 0 Å². The Morgan fingerprint density at radius 2 is 2.14 bits per heavy atom. The highest BCUT2D eigenvalue weighted by molar-refractivity contribution is 7.17. The number of carbonyl (C=O) groups excluding carboxylic acids is 1. The molecule has 0 saturated carbocycles. The first-order chi connectivity index (χ1) is 10.7. The standard InChI is InChI=1S/C17H21NO3S/c19-15-3-7-18(8-4-15)17(20)12-21-9-5-13-1-2-16-14(11-13)6-10-22-16/h1-2,6,10-11,15,19H,3-5,7-9,12H2. The Labute approximate surface area is 134 Å². The molecule has 22 heavy (non-hydrogen) atoms. The number of nitrogens with zero attached hydrogens (tertiary/aromatic N) is 1. The molecule has 0 atom stereocenters. The van der Waals surface area contributed by atoms with Gasteiger partial charge in [-0.3, -0.25) is 4.79 Å². The highest BCUT2D eigenvalue weighted by atomic mass is 32.1. The number of aliphatic hydroxyl groups excluding tert-OH is 1. The normalized spacial score (nSPS) is 16.3. The molecule has 2 aromatic rings. The third-order valence-corrected chi connectivity index (χ3v) is 4.99. The minimum absolute atomic E-state index is 0.0280. The van der Waals surface area contributed by atoms with Gasteiger partial charge in [0.2, 0.25) is 5.91 Å². The van der Waals surface area contributed by atoms with Crippen molar-refractivity contribution in [2.45, 2.75) is 25.4 Å². The van der Waals surface area contributed by atoms with E-state index in [4.69, 9.17) is 4.74 Å². The lowest BCUT2D eigenvalue weighted by Crippen LogP contribution is -2.41. The number of thiophene rings is 1. The van der Waals surface area contributed by atoms with Crippen molar-refractivity contribution in [3.05, 3.63) is 35.2 Å². The van der Waals surface area contributed by atoms with E-state index in [2.05, 4.69) is 29.6 Å². The summed E-state index contributed by atoms with van der Waals surface area (Å²) in [6, 6.07) is 8.57. The Bertz CT molecular complexity index is 632. The van der Waals surface area contributed by atoms with Crippen LogP contribution in [0.25, 0.3) is 10.1 Å². The molecule has 1 fully saturated rings. The molecule has 0 spiro atoms. The molecule has 1 saturated heterocycles. The van der Waals surface area contributed by atoms with Crippen LogP contribution in [0.2, 0.25) is 0 Å². The lowest BCUT2D eigenvalue weighted by Gasteiger charge is -2.29. The molecule has 1 amide bonds. The summed E-state index contributed by atoms with van der Waals surface area (Å²) >= 11 is 1.74. The molecule has 1 aromatic heterocycles. The van der Waals surface area contributed by atoms with Gasteiger partial charge in [0.1, 0.15) is 6.61 Å². The number of hydrogen-bond acceptors (Lipinski definition) is 4. The van der Waals surface area contributed by atoms with Crippen molar-refractivity contribution in [3.8, 4) is 0 Å². The molecular formula is C17H21NO3S. The molecule has 1 aliphatic heterocycles. The van der Waals surface area contributed by atoms with E-state index in [1.807, 2.05) is 0 Å². The minimum Gasteiger partial charge on any atom is -0.393 e. The zero-order valence-corrected chi connectivity index (χ0v) is 13.3. The highest BCUT2D eigenvalue weighted by Crippen LogP contribution is 2.21.